The molecule has 0 bridgehead atoms. The van der Waals surface area contributed by atoms with Crippen molar-refractivity contribution in [2.45, 2.75) is 22.9 Å². The summed E-state index contributed by atoms with van der Waals surface area (Å²) in [6, 6.07) is 18.4. The maximum atomic E-state index is 14.4. The van der Waals surface area contributed by atoms with E-state index in [-0.39, 0.29) is 10.1 Å². The summed E-state index contributed by atoms with van der Waals surface area (Å²) >= 11 is 1.15. The molecular weight excluding hydrogens is 489 g/mol. The highest BCUT2D eigenvalue weighted by Gasteiger charge is 2.29. The second kappa shape index (κ2) is 9.24. The Morgan fingerprint density at radius 1 is 0.971 bits per heavy atom. The number of thiazole rings is 1. The second-order valence-corrected chi connectivity index (χ2v) is 11.4. The average molecular weight is 510 g/mol. The molecule has 1 heterocycles. The van der Waals surface area contributed by atoms with Gasteiger partial charge in [0.25, 0.3) is 0 Å². The van der Waals surface area contributed by atoms with E-state index < -0.39 is 28.2 Å². The number of aliphatic carboxylic acids is 1. The van der Waals surface area contributed by atoms with Crippen LogP contribution >= 0.6 is 11.3 Å². The van der Waals surface area contributed by atoms with Gasteiger partial charge < -0.3 is 9.84 Å². The summed E-state index contributed by atoms with van der Waals surface area (Å²) in [4.78, 5) is 16.3. The number of rotatable bonds is 7. The Labute approximate surface area is 205 Å². The predicted molar refractivity (Wildman–Crippen MR) is 131 cm³/mol. The minimum absolute atomic E-state index is 0.00976. The SMILES string of the molecule is O=C(O)COc1cccc2c1CCc1sc(S(=O)(=O)Cc3ccccc3-c3ccccc3F)nc1-2. The van der Waals surface area contributed by atoms with E-state index in [9.17, 15) is 17.6 Å². The van der Waals surface area contributed by atoms with Crippen LogP contribution in [-0.4, -0.2) is 31.1 Å². The highest BCUT2D eigenvalue weighted by Crippen LogP contribution is 2.41. The van der Waals surface area contributed by atoms with Gasteiger partial charge >= 0.3 is 5.97 Å². The molecule has 0 fully saturated rings. The largest absolute Gasteiger partial charge is 0.482 e. The molecule has 0 radical (unpaired) electrons. The van der Waals surface area contributed by atoms with Crippen molar-refractivity contribution in [3.63, 3.8) is 0 Å². The summed E-state index contributed by atoms with van der Waals surface area (Å²) in [6.45, 7) is -0.457. The van der Waals surface area contributed by atoms with Gasteiger partial charge in [0, 0.05) is 21.6 Å². The molecule has 6 nitrogen and oxygen atoms in total. The first kappa shape index (κ1) is 23.2. The maximum Gasteiger partial charge on any atom is 0.341 e. The van der Waals surface area contributed by atoms with Gasteiger partial charge in [-0.3, -0.25) is 0 Å². The molecule has 0 atom stereocenters. The number of fused-ring (bicyclic) bond motifs is 3. The number of hydrogen-bond donors (Lipinski definition) is 1. The van der Waals surface area contributed by atoms with Crippen molar-refractivity contribution in [1.82, 2.24) is 4.98 Å². The van der Waals surface area contributed by atoms with Crippen LogP contribution in [-0.2, 0) is 33.2 Å². The first-order chi connectivity index (χ1) is 16.8. The number of halogens is 1. The van der Waals surface area contributed by atoms with Crippen LogP contribution in [0.1, 0.15) is 16.0 Å². The van der Waals surface area contributed by atoms with Gasteiger partial charge in [-0.05, 0) is 36.1 Å². The van der Waals surface area contributed by atoms with E-state index in [1.807, 2.05) is 6.07 Å². The molecule has 5 rings (SSSR count). The normalized spacial score (nSPS) is 12.6. The Balaban J connectivity index is 1.49. The molecule has 1 aliphatic carbocycles. The number of carboxylic acids is 1. The lowest BCUT2D eigenvalue weighted by Crippen LogP contribution is -2.12. The van der Waals surface area contributed by atoms with Gasteiger partial charge in [-0.15, -0.1) is 11.3 Å². The van der Waals surface area contributed by atoms with Gasteiger partial charge in [0.05, 0.1) is 11.4 Å². The van der Waals surface area contributed by atoms with Gasteiger partial charge in [-0.2, -0.15) is 0 Å². The van der Waals surface area contributed by atoms with E-state index in [0.29, 0.717) is 41.0 Å². The van der Waals surface area contributed by atoms with Crippen LogP contribution < -0.4 is 4.74 Å². The zero-order valence-corrected chi connectivity index (χ0v) is 20.0. The molecule has 178 valence electrons. The molecule has 0 saturated carbocycles. The number of carbonyl (C=O) groups is 1. The molecule has 1 N–H and O–H groups in total. The van der Waals surface area contributed by atoms with Gasteiger partial charge in [0.2, 0.25) is 14.2 Å². The van der Waals surface area contributed by atoms with Crippen LogP contribution in [0.25, 0.3) is 22.4 Å². The molecule has 4 aromatic rings. The van der Waals surface area contributed by atoms with E-state index >= 15 is 0 Å². The minimum atomic E-state index is -3.81. The predicted octanol–water partition coefficient (Wildman–Crippen LogP) is 5.15. The number of sulfone groups is 1. The average Bonchev–Trinajstić information content (AvgIpc) is 3.29. The highest BCUT2D eigenvalue weighted by molar-refractivity contribution is 7.92. The summed E-state index contributed by atoms with van der Waals surface area (Å²) < 4.78 is 46.7. The zero-order chi connectivity index (χ0) is 24.6. The van der Waals surface area contributed by atoms with E-state index in [4.69, 9.17) is 9.84 Å². The van der Waals surface area contributed by atoms with Crippen LogP contribution in [0.5, 0.6) is 5.75 Å². The van der Waals surface area contributed by atoms with Gasteiger partial charge in [-0.1, -0.05) is 54.6 Å². The molecular formula is C26H20FNO5S2. The molecule has 1 aliphatic rings. The van der Waals surface area contributed by atoms with Gasteiger partial charge in [0.15, 0.2) is 6.61 Å². The summed E-state index contributed by atoms with van der Waals surface area (Å²) in [6.07, 6.45) is 1.17. The summed E-state index contributed by atoms with van der Waals surface area (Å²) in [7, 11) is -3.81. The Morgan fingerprint density at radius 3 is 2.46 bits per heavy atom. The van der Waals surface area contributed by atoms with Crippen molar-refractivity contribution >= 4 is 27.1 Å². The number of aromatic nitrogens is 1. The number of ether oxygens (including phenoxy) is 1. The third-order valence-electron chi connectivity index (χ3n) is 5.81. The molecule has 0 spiro atoms. The van der Waals surface area contributed by atoms with Crippen LogP contribution in [0.15, 0.2) is 71.1 Å². The van der Waals surface area contributed by atoms with Crippen molar-refractivity contribution in [3.05, 3.63) is 88.6 Å². The first-order valence-electron chi connectivity index (χ1n) is 10.9. The molecule has 0 saturated heterocycles. The van der Waals surface area contributed by atoms with E-state index in [0.717, 1.165) is 27.3 Å². The van der Waals surface area contributed by atoms with Crippen molar-refractivity contribution in [1.29, 1.82) is 0 Å². The summed E-state index contributed by atoms with van der Waals surface area (Å²) in [5.41, 5.74) is 3.52. The fraction of sp³-hybridized carbons (Fsp3) is 0.154. The maximum absolute atomic E-state index is 14.4. The summed E-state index contributed by atoms with van der Waals surface area (Å²) in [5.74, 6) is -1.33. The first-order valence-corrected chi connectivity index (χ1v) is 13.3. The van der Waals surface area contributed by atoms with Crippen LogP contribution in [0.2, 0.25) is 0 Å². The standard InChI is InChI=1S/C26H20FNO5S2/c27-21-10-4-3-8-18(21)17-7-2-1-6-16(17)15-35(31,32)26-28-25-20-9-5-11-22(33-14-24(29)30)19(20)12-13-23(25)34-26/h1-11H,12-15H2,(H,29,30). The smallest absolute Gasteiger partial charge is 0.341 e. The van der Waals surface area contributed by atoms with Gasteiger partial charge in [-0.25, -0.2) is 22.6 Å². The fourth-order valence-corrected chi connectivity index (χ4v) is 7.06. The Morgan fingerprint density at radius 2 is 1.69 bits per heavy atom. The third kappa shape index (κ3) is 4.56. The Bertz CT molecular complexity index is 1550. The lowest BCUT2D eigenvalue weighted by Gasteiger charge is -2.18. The quantitative estimate of drug-likeness (QED) is 0.370. The van der Waals surface area contributed by atoms with Crippen molar-refractivity contribution in [3.8, 4) is 28.1 Å². The minimum Gasteiger partial charge on any atom is -0.482 e. The highest BCUT2D eigenvalue weighted by atomic mass is 32.2. The molecule has 0 unspecified atom stereocenters. The van der Waals surface area contributed by atoms with Crippen LogP contribution in [0.3, 0.4) is 0 Å². The Kier molecular flexibility index (Phi) is 6.12. The number of aryl methyl sites for hydroxylation is 1. The lowest BCUT2D eigenvalue weighted by molar-refractivity contribution is -0.139. The van der Waals surface area contributed by atoms with Gasteiger partial charge in [0.1, 0.15) is 11.6 Å². The van der Waals surface area contributed by atoms with E-state index in [1.54, 1.807) is 54.6 Å². The lowest BCUT2D eigenvalue weighted by atomic mass is 9.93. The van der Waals surface area contributed by atoms with Crippen LogP contribution in [0, 0.1) is 5.82 Å². The number of benzene rings is 3. The fourth-order valence-electron chi connectivity index (χ4n) is 4.26. The molecule has 0 amide bonds. The molecule has 3 aromatic carbocycles. The van der Waals surface area contributed by atoms with E-state index in [2.05, 4.69) is 4.98 Å². The van der Waals surface area contributed by atoms with Crippen molar-refractivity contribution in [2.75, 3.05) is 6.61 Å². The number of hydrogen-bond acceptors (Lipinski definition) is 6. The molecule has 35 heavy (non-hydrogen) atoms. The zero-order valence-electron chi connectivity index (χ0n) is 18.4. The Hall–Kier alpha value is -3.56. The van der Waals surface area contributed by atoms with Crippen molar-refractivity contribution in [2.24, 2.45) is 0 Å². The third-order valence-corrected chi connectivity index (χ3v) is 9.05. The van der Waals surface area contributed by atoms with E-state index in [1.165, 1.54) is 6.07 Å². The second-order valence-electron chi connectivity index (χ2n) is 8.11. The monoisotopic (exact) mass is 509 g/mol. The molecule has 0 aliphatic heterocycles. The summed E-state index contributed by atoms with van der Waals surface area (Å²) in [5, 5.41) is 8.93. The molecule has 9 heteroatoms. The number of nitrogens with zero attached hydrogens (tertiary/aromatic N) is 1. The molecule has 1 aromatic heterocycles. The topological polar surface area (TPSA) is 93.6 Å². The number of carboxylic acid groups (broad SMARTS) is 1. The van der Waals surface area contributed by atoms with Crippen LogP contribution in [0.4, 0.5) is 4.39 Å². The van der Waals surface area contributed by atoms with Crippen molar-refractivity contribution < 1.29 is 27.4 Å².